The van der Waals surface area contributed by atoms with Crippen LogP contribution < -0.4 is 10.6 Å². The standard InChI is InChI=1S/C17H26N6O2/c1-13-8-11-22(20-13)16(24)18-9-6-4-5-7-10-19-17(25)23-15(3)12-14(2)21-23/h8,11-12H,4-7,9-10H2,1-3H3,(H,18,24)(H,19,25). The average Bonchev–Trinajstić information content (AvgIpc) is 3.14. The normalized spacial score (nSPS) is 10.7. The number of carbonyl (C=O) groups excluding carboxylic acids is 2. The second kappa shape index (κ2) is 9.00. The molecule has 2 amide bonds. The van der Waals surface area contributed by atoms with E-state index in [9.17, 15) is 9.59 Å². The summed E-state index contributed by atoms with van der Waals surface area (Å²) in [5, 5.41) is 13.9. The van der Waals surface area contributed by atoms with Crippen molar-refractivity contribution in [1.29, 1.82) is 0 Å². The molecule has 0 aliphatic carbocycles. The summed E-state index contributed by atoms with van der Waals surface area (Å²) in [6.45, 7) is 6.81. The van der Waals surface area contributed by atoms with Gasteiger partial charge in [0.2, 0.25) is 0 Å². The largest absolute Gasteiger partial charge is 0.342 e. The van der Waals surface area contributed by atoms with Crippen LogP contribution in [0.15, 0.2) is 18.3 Å². The summed E-state index contributed by atoms with van der Waals surface area (Å²) >= 11 is 0. The molecule has 8 heteroatoms. The summed E-state index contributed by atoms with van der Waals surface area (Å²) in [6.07, 6.45) is 5.44. The van der Waals surface area contributed by atoms with E-state index in [4.69, 9.17) is 0 Å². The summed E-state index contributed by atoms with van der Waals surface area (Å²) in [5.74, 6) is 0. The molecule has 0 unspecified atom stereocenters. The fourth-order valence-corrected chi connectivity index (χ4v) is 2.51. The van der Waals surface area contributed by atoms with Gasteiger partial charge in [-0.1, -0.05) is 12.8 Å². The SMILES string of the molecule is Cc1ccn(C(=O)NCCCCCCNC(=O)n2nc(C)cc2C)n1. The molecule has 2 rings (SSSR count). The highest BCUT2D eigenvalue weighted by Crippen LogP contribution is 2.02. The number of amides is 2. The molecule has 0 saturated carbocycles. The number of hydrogen-bond acceptors (Lipinski definition) is 4. The monoisotopic (exact) mass is 346 g/mol. The Balaban J connectivity index is 1.51. The lowest BCUT2D eigenvalue weighted by Gasteiger charge is -2.07. The Morgan fingerprint density at radius 2 is 1.56 bits per heavy atom. The van der Waals surface area contributed by atoms with Crippen LogP contribution >= 0.6 is 0 Å². The maximum Gasteiger partial charge on any atom is 0.342 e. The number of aryl methyl sites for hydroxylation is 3. The van der Waals surface area contributed by atoms with Crippen molar-refractivity contribution >= 4 is 12.1 Å². The zero-order chi connectivity index (χ0) is 18.2. The van der Waals surface area contributed by atoms with E-state index in [0.29, 0.717) is 13.1 Å². The minimum absolute atomic E-state index is 0.188. The molecule has 0 aromatic carbocycles. The van der Waals surface area contributed by atoms with E-state index in [2.05, 4.69) is 20.8 Å². The summed E-state index contributed by atoms with van der Waals surface area (Å²) < 4.78 is 2.70. The summed E-state index contributed by atoms with van der Waals surface area (Å²) in [6, 6.07) is 3.27. The number of hydrogen-bond donors (Lipinski definition) is 2. The van der Waals surface area contributed by atoms with Gasteiger partial charge >= 0.3 is 12.1 Å². The quantitative estimate of drug-likeness (QED) is 0.753. The molecule has 0 aliphatic heterocycles. The Hall–Kier alpha value is -2.64. The van der Waals surface area contributed by atoms with Crippen LogP contribution in [0.1, 0.15) is 42.8 Å². The van der Waals surface area contributed by atoms with E-state index in [0.717, 1.165) is 42.8 Å². The Labute approximate surface area is 147 Å². The third-order valence-electron chi connectivity index (χ3n) is 3.79. The molecule has 0 radical (unpaired) electrons. The topological polar surface area (TPSA) is 93.8 Å². The van der Waals surface area contributed by atoms with Gasteiger partial charge in [0.1, 0.15) is 0 Å². The van der Waals surface area contributed by atoms with Crippen LogP contribution in [0, 0.1) is 20.8 Å². The molecule has 0 bridgehead atoms. The van der Waals surface area contributed by atoms with Gasteiger partial charge in [0.05, 0.1) is 11.4 Å². The van der Waals surface area contributed by atoms with Gasteiger partial charge in [-0.3, -0.25) is 0 Å². The van der Waals surface area contributed by atoms with Crippen LogP contribution in [0.25, 0.3) is 0 Å². The Kier molecular flexibility index (Phi) is 6.73. The predicted molar refractivity (Wildman–Crippen MR) is 94.7 cm³/mol. The molecule has 2 heterocycles. The van der Waals surface area contributed by atoms with Gasteiger partial charge in [-0.25, -0.2) is 9.59 Å². The highest BCUT2D eigenvalue weighted by molar-refractivity contribution is 5.76. The molecule has 0 aliphatic rings. The molecule has 8 nitrogen and oxygen atoms in total. The fraction of sp³-hybridized carbons (Fsp3) is 0.529. The van der Waals surface area contributed by atoms with Gasteiger partial charge in [-0.15, -0.1) is 0 Å². The van der Waals surface area contributed by atoms with E-state index < -0.39 is 0 Å². The van der Waals surface area contributed by atoms with Gasteiger partial charge in [-0.05, 0) is 45.7 Å². The predicted octanol–water partition coefficient (Wildman–Crippen LogP) is 2.38. The molecular formula is C17H26N6O2. The van der Waals surface area contributed by atoms with Crippen molar-refractivity contribution in [2.45, 2.75) is 46.5 Å². The average molecular weight is 346 g/mol. The first-order valence-corrected chi connectivity index (χ1v) is 8.59. The van der Waals surface area contributed by atoms with Crippen molar-refractivity contribution in [1.82, 2.24) is 30.2 Å². The Morgan fingerprint density at radius 1 is 0.920 bits per heavy atom. The maximum absolute atomic E-state index is 12.0. The molecule has 0 fully saturated rings. The zero-order valence-corrected chi connectivity index (χ0v) is 15.1. The van der Waals surface area contributed by atoms with Crippen molar-refractivity contribution < 1.29 is 9.59 Å². The second-order valence-corrected chi connectivity index (χ2v) is 6.12. The Bertz CT molecular complexity index is 719. The molecule has 2 aromatic heterocycles. The molecule has 25 heavy (non-hydrogen) atoms. The van der Waals surface area contributed by atoms with Crippen LogP contribution in [-0.4, -0.2) is 44.7 Å². The lowest BCUT2D eigenvalue weighted by atomic mass is 10.2. The molecule has 2 aromatic rings. The minimum Gasteiger partial charge on any atom is -0.336 e. The van der Waals surface area contributed by atoms with Crippen LogP contribution in [0.4, 0.5) is 9.59 Å². The number of rotatable bonds is 7. The van der Waals surface area contributed by atoms with E-state index in [1.807, 2.05) is 26.8 Å². The Morgan fingerprint density at radius 3 is 2.08 bits per heavy atom. The number of nitrogens with zero attached hydrogens (tertiary/aromatic N) is 4. The lowest BCUT2D eigenvalue weighted by Crippen LogP contribution is -2.31. The third kappa shape index (κ3) is 5.74. The van der Waals surface area contributed by atoms with E-state index in [1.54, 1.807) is 12.3 Å². The summed E-state index contributed by atoms with van der Waals surface area (Å²) in [5.41, 5.74) is 2.48. The van der Waals surface area contributed by atoms with Crippen molar-refractivity contribution in [3.05, 3.63) is 35.4 Å². The van der Waals surface area contributed by atoms with E-state index >= 15 is 0 Å². The molecular weight excluding hydrogens is 320 g/mol. The molecule has 136 valence electrons. The minimum atomic E-state index is -0.203. The zero-order valence-electron chi connectivity index (χ0n) is 15.1. The fourth-order valence-electron chi connectivity index (χ4n) is 2.51. The second-order valence-electron chi connectivity index (χ2n) is 6.12. The van der Waals surface area contributed by atoms with Crippen LogP contribution in [-0.2, 0) is 0 Å². The first-order chi connectivity index (χ1) is 12.0. The third-order valence-corrected chi connectivity index (χ3v) is 3.79. The smallest absolute Gasteiger partial charge is 0.336 e. The van der Waals surface area contributed by atoms with Crippen molar-refractivity contribution in [3.8, 4) is 0 Å². The van der Waals surface area contributed by atoms with Crippen molar-refractivity contribution in [2.75, 3.05) is 13.1 Å². The number of unbranched alkanes of at least 4 members (excludes halogenated alkanes) is 3. The van der Waals surface area contributed by atoms with Crippen LogP contribution in [0.3, 0.4) is 0 Å². The molecule has 2 N–H and O–H groups in total. The van der Waals surface area contributed by atoms with Gasteiger partial charge in [0.25, 0.3) is 0 Å². The number of nitrogens with one attached hydrogen (secondary N) is 2. The first kappa shape index (κ1) is 18.7. The van der Waals surface area contributed by atoms with Gasteiger partial charge in [0.15, 0.2) is 0 Å². The highest BCUT2D eigenvalue weighted by atomic mass is 16.2. The summed E-state index contributed by atoms with van der Waals surface area (Å²) in [7, 11) is 0. The number of aromatic nitrogens is 4. The van der Waals surface area contributed by atoms with Crippen LogP contribution in [0.5, 0.6) is 0 Å². The molecule has 0 spiro atoms. The van der Waals surface area contributed by atoms with Crippen molar-refractivity contribution in [3.63, 3.8) is 0 Å². The van der Waals surface area contributed by atoms with Gasteiger partial charge in [0, 0.05) is 25.0 Å². The maximum atomic E-state index is 12.0. The lowest BCUT2D eigenvalue weighted by molar-refractivity contribution is 0.237. The number of carbonyl (C=O) groups is 2. The summed E-state index contributed by atoms with van der Waals surface area (Å²) in [4.78, 5) is 23.7. The molecule has 0 atom stereocenters. The van der Waals surface area contributed by atoms with Crippen LogP contribution in [0.2, 0.25) is 0 Å². The molecule has 0 saturated heterocycles. The highest BCUT2D eigenvalue weighted by Gasteiger charge is 2.08. The van der Waals surface area contributed by atoms with E-state index in [-0.39, 0.29) is 12.1 Å². The van der Waals surface area contributed by atoms with Crippen molar-refractivity contribution in [2.24, 2.45) is 0 Å². The van der Waals surface area contributed by atoms with Gasteiger partial charge in [-0.2, -0.15) is 19.6 Å². The van der Waals surface area contributed by atoms with Gasteiger partial charge < -0.3 is 10.6 Å². The van der Waals surface area contributed by atoms with E-state index in [1.165, 1.54) is 9.36 Å². The first-order valence-electron chi connectivity index (χ1n) is 8.59.